The standard InChI is InChI=1S/C22H23N3O2/c26-21(16-27-15-17-5-2-1-3-6-17)25-13-10-18(11-14-25)20-9-8-19-7-4-12-23-22(19)24-20/h1-9,12,18H,10-11,13-16H2. The molecule has 0 aliphatic carbocycles. The molecule has 5 heteroatoms. The summed E-state index contributed by atoms with van der Waals surface area (Å²) in [5.41, 5.74) is 2.96. The van der Waals surface area contributed by atoms with Crippen molar-refractivity contribution < 1.29 is 9.53 Å². The van der Waals surface area contributed by atoms with Gasteiger partial charge in [-0.3, -0.25) is 4.79 Å². The summed E-state index contributed by atoms with van der Waals surface area (Å²) in [5, 5.41) is 1.06. The number of fused-ring (bicyclic) bond motifs is 1. The Morgan fingerprint density at radius 2 is 1.85 bits per heavy atom. The van der Waals surface area contributed by atoms with Gasteiger partial charge in [0.15, 0.2) is 5.65 Å². The lowest BCUT2D eigenvalue weighted by molar-refractivity contribution is -0.137. The fraction of sp³-hybridized carbons (Fsp3) is 0.318. The van der Waals surface area contributed by atoms with Crippen molar-refractivity contribution in [1.29, 1.82) is 0 Å². The molecule has 2 aromatic heterocycles. The van der Waals surface area contributed by atoms with Crippen LogP contribution in [0.2, 0.25) is 0 Å². The van der Waals surface area contributed by atoms with Gasteiger partial charge in [-0.1, -0.05) is 30.3 Å². The first kappa shape index (κ1) is 17.6. The van der Waals surface area contributed by atoms with E-state index in [-0.39, 0.29) is 12.5 Å². The Morgan fingerprint density at radius 1 is 1.04 bits per heavy atom. The van der Waals surface area contributed by atoms with Gasteiger partial charge in [0.25, 0.3) is 0 Å². The first-order valence-corrected chi connectivity index (χ1v) is 9.41. The van der Waals surface area contributed by atoms with Crippen LogP contribution in [0.5, 0.6) is 0 Å². The van der Waals surface area contributed by atoms with Gasteiger partial charge in [-0.25, -0.2) is 9.97 Å². The van der Waals surface area contributed by atoms with Gasteiger partial charge in [0.2, 0.25) is 5.91 Å². The predicted molar refractivity (Wildman–Crippen MR) is 104 cm³/mol. The number of carbonyl (C=O) groups is 1. The van der Waals surface area contributed by atoms with Crippen LogP contribution >= 0.6 is 0 Å². The number of amides is 1. The molecule has 0 radical (unpaired) electrons. The number of nitrogens with zero attached hydrogens (tertiary/aromatic N) is 3. The van der Waals surface area contributed by atoms with Crippen molar-refractivity contribution in [3.8, 4) is 0 Å². The van der Waals surface area contributed by atoms with Crippen LogP contribution in [0.4, 0.5) is 0 Å². The zero-order valence-corrected chi connectivity index (χ0v) is 15.3. The average Bonchev–Trinajstić information content (AvgIpc) is 2.74. The minimum atomic E-state index is 0.0671. The van der Waals surface area contributed by atoms with Crippen molar-refractivity contribution in [3.63, 3.8) is 0 Å². The molecule has 1 saturated heterocycles. The van der Waals surface area contributed by atoms with E-state index in [1.807, 2.05) is 47.4 Å². The van der Waals surface area contributed by atoms with Crippen LogP contribution in [0, 0.1) is 0 Å². The summed E-state index contributed by atoms with van der Waals surface area (Å²) in [6.45, 7) is 2.11. The van der Waals surface area contributed by atoms with Gasteiger partial charge in [-0.2, -0.15) is 0 Å². The number of rotatable bonds is 5. The molecule has 0 atom stereocenters. The van der Waals surface area contributed by atoms with Crippen LogP contribution < -0.4 is 0 Å². The van der Waals surface area contributed by atoms with E-state index in [0.29, 0.717) is 12.5 Å². The maximum atomic E-state index is 12.4. The molecule has 4 rings (SSSR count). The topological polar surface area (TPSA) is 55.3 Å². The molecule has 0 N–H and O–H groups in total. The van der Waals surface area contributed by atoms with E-state index in [0.717, 1.165) is 48.2 Å². The Bertz CT molecular complexity index is 906. The summed E-state index contributed by atoms with van der Waals surface area (Å²) in [6.07, 6.45) is 3.63. The third-order valence-corrected chi connectivity index (χ3v) is 5.09. The summed E-state index contributed by atoms with van der Waals surface area (Å²) in [4.78, 5) is 23.3. The first-order chi connectivity index (χ1) is 13.3. The largest absolute Gasteiger partial charge is 0.367 e. The minimum Gasteiger partial charge on any atom is -0.367 e. The quantitative estimate of drug-likeness (QED) is 0.697. The normalized spacial score (nSPS) is 15.2. The Kier molecular flexibility index (Phi) is 5.39. The Morgan fingerprint density at radius 3 is 2.67 bits per heavy atom. The first-order valence-electron chi connectivity index (χ1n) is 9.41. The fourth-order valence-corrected chi connectivity index (χ4v) is 3.54. The molecular formula is C22H23N3O2. The van der Waals surface area contributed by atoms with E-state index >= 15 is 0 Å². The maximum Gasteiger partial charge on any atom is 0.248 e. The molecule has 138 valence electrons. The number of benzene rings is 1. The number of piperidine rings is 1. The lowest BCUT2D eigenvalue weighted by Gasteiger charge is -2.31. The van der Waals surface area contributed by atoms with Gasteiger partial charge < -0.3 is 9.64 Å². The second kappa shape index (κ2) is 8.27. The van der Waals surface area contributed by atoms with Gasteiger partial charge in [-0.15, -0.1) is 0 Å². The smallest absolute Gasteiger partial charge is 0.248 e. The minimum absolute atomic E-state index is 0.0671. The number of hydrogen-bond donors (Lipinski definition) is 0. The van der Waals surface area contributed by atoms with Crippen LogP contribution in [-0.2, 0) is 16.1 Å². The lowest BCUT2D eigenvalue weighted by atomic mass is 9.93. The number of carbonyl (C=O) groups excluding carboxylic acids is 1. The molecule has 3 heterocycles. The summed E-state index contributed by atoms with van der Waals surface area (Å²) >= 11 is 0. The predicted octanol–water partition coefficient (Wildman–Crippen LogP) is 3.55. The zero-order valence-electron chi connectivity index (χ0n) is 15.3. The summed E-state index contributed by atoms with van der Waals surface area (Å²) in [5.74, 6) is 0.447. The monoisotopic (exact) mass is 361 g/mol. The Balaban J connectivity index is 1.28. The van der Waals surface area contributed by atoms with Crippen molar-refractivity contribution in [2.24, 2.45) is 0 Å². The van der Waals surface area contributed by atoms with Gasteiger partial charge in [0.1, 0.15) is 6.61 Å². The van der Waals surface area contributed by atoms with Crippen LogP contribution in [0.15, 0.2) is 60.8 Å². The molecule has 1 aliphatic heterocycles. The van der Waals surface area contributed by atoms with Crippen LogP contribution in [0.25, 0.3) is 11.0 Å². The number of hydrogen-bond acceptors (Lipinski definition) is 4. The highest BCUT2D eigenvalue weighted by Crippen LogP contribution is 2.27. The molecule has 1 fully saturated rings. The number of pyridine rings is 2. The molecule has 27 heavy (non-hydrogen) atoms. The van der Waals surface area contributed by atoms with E-state index in [2.05, 4.69) is 17.1 Å². The molecule has 0 unspecified atom stereocenters. The summed E-state index contributed by atoms with van der Waals surface area (Å²) in [7, 11) is 0. The lowest BCUT2D eigenvalue weighted by Crippen LogP contribution is -2.40. The van der Waals surface area contributed by atoms with Crippen molar-refractivity contribution in [2.75, 3.05) is 19.7 Å². The molecule has 0 bridgehead atoms. The second-order valence-electron chi connectivity index (χ2n) is 6.92. The third-order valence-electron chi connectivity index (χ3n) is 5.09. The van der Waals surface area contributed by atoms with E-state index in [1.165, 1.54) is 0 Å². The number of ether oxygens (including phenoxy) is 1. The molecule has 5 nitrogen and oxygen atoms in total. The van der Waals surface area contributed by atoms with Crippen molar-refractivity contribution >= 4 is 16.9 Å². The highest BCUT2D eigenvalue weighted by molar-refractivity contribution is 5.77. The molecule has 1 aromatic carbocycles. The van der Waals surface area contributed by atoms with Gasteiger partial charge in [0.05, 0.1) is 6.61 Å². The van der Waals surface area contributed by atoms with Crippen molar-refractivity contribution in [1.82, 2.24) is 14.9 Å². The van der Waals surface area contributed by atoms with E-state index in [1.54, 1.807) is 6.20 Å². The molecule has 1 aliphatic rings. The van der Waals surface area contributed by atoms with Crippen LogP contribution in [0.3, 0.4) is 0 Å². The van der Waals surface area contributed by atoms with E-state index < -0.39 is 0 Å². The van der Waals surface area contributed by atoms with Gasteiger partial charge in [0, 0.05) is 36.3 Å². The molecular weight excluding hydrogens is 338 g/mol. The highest BCUT2D eigenvalue weighted by atomic mass is 16.5. The Hall–Kier alpha value is -2.79. The second-order valence-corrected chi connectivity index (χ2v) is 6.92. The third kappa shape index (κ3) is 4.31. The molecule has 1 amide bonds. The molecule has 0 saturated carbocycles. The number of aromatic nitrogens is 2. The summed E-state index contributed by atoms with van der Waals surface area (Å²) < 4.78 is 5.58. The molecule has 3 aromatic rings. The number of likely N-dealkylation sites (tertiary alicyclic amines) is 1. The average molecular weight is 361 g/mol. The Labute approximate surface area is 159 Å². The van der Waals surface area contributed by atoms with E-state index in [4.69, 9.17) is 9.72 Å². The zero-order chi connectivity index (χ0) is 18.5. The van der Waals surface area contributed by atoms with Gasteiger partial charge >= 0.3 is 0 Å². The van der Waals surface area contributed by atoms with E-state index in [9.17, 15) is 4.79 Å². The fourth-order valence-electron chi connectivity index (χ4n) is 3.54. The van der Waals surface area contributed by atoms with Crippen molar-refractivity contribution in [3.05, 3.63) is 72.1 Å². The molecule has 0 spiro atoms. The summed E-state index contributed by atoms with van der Waals surface area (Å²) in [6, 6.07) is 18.0. The SMILES string of the molecule is O=C(COCc1ccccc1)N1CCC(c2ccc3cccnc3n2)CC1. The maximum absolute atomic E-state index is 12.4. The van der Waals surface area contributed by atoms with Crippen LogP contribution in [-0.4, -0.2) is 40.5 Å². The van der Waals surface area contributed by atoms with Gasteiger partial charge in [-0.05, 0) is 42.7 Å². The van der Waals surface area contributed by atoms with Crippen molar-refractivity contribution in [2.45, 2.75) is 25.4 Å². The van der Waals surface area contributed by atoms with Crippen LogP contribution in [0.1, 0.15) is 30.0 Å². The highest BCUT2D eigenvalue weighted by Gasteiger charge is 2.24.